The number of rotatable bonds is 5. The molecule has 2 rings (SSSR count). The van der Waals surface area contributed by atoms with E-state index in [1.807, 2.05) is 6.07 Å². The molecule has 0 fully saturated rings. The van der Waals surface area contributed by atoms with Crippen LogP contribution < -0.4 is 20.5 Å². The second-order valence-electron chi connectivity index (χ2n) is 4.99. The number of nitrogens with zero attached hydrogens (tertiary/aromatic N) is 3. The van der Waals surface area contributed by atoms with Crippen molar-refractivity contribution in [1.82, 2.24) is 4.98 Å². The maximum Gasteiger partial charge on any atom is 0.193 e. The topological polar surface area (TPSA) is 106 Å². The van der Waals surface area contributed by atoms with Gasteiger partial charge in [-0.15, -0.1) is 0 Å². The lowest BCUT2D eigenvalue weighted by Gasteiger charge is -2.13. The van der Waals surface area contributed by atoms with Gasteiger partial charge in [0.05, 0.1) is 25.8 Å². The van der Waals surface area contributed by atoms with Gasteiger partial charge in [-0.2, -0.15) is 5.26 Å². The maximum atomic E-state index is 14.3. The van der Waals surface area contributed by atoms with E-state index in [0.29, 0.717) is 5.56 Å². The Morgan fingerprint density at radius 1 is 1.30 bits per heavy atom. The lowest BCUT2D eigenvalue weighted by molar-refractivity contribution is 0.360. The number of ether oxygens (including phenoxy) is 2. The van der Waals surface area contributed by atoms with E-state index >= 15 is 0 Å². The summed E-state index contributed by atoms with van der Waals surface area (Å²) in [5.41, 5.74) is 5.45. The van der Waals surface area contributed by atoms with E-state index in [1.165, 1.54) is 20.4 Å². The van der Waals surface area contributed by atoms with Crippen molar-refractivity contribution < 1.29 is 18.3 Å². The predicted octanol–water partition coefficient (Wildman–Crippen LogP) is 3.48. The molecule has 0 aliphatic heterocycles. The minimum Gasteiger partial charge on any atom is -0.493 e. The third-order valence-corrected chi connectivity index (χ3v) is 4.12. The average Bonchev–Trinajstić information content (AvgIpc) is 2.65. The van der Waals surface area contributed by atoms with Crippen molar-refractivity contribution in [3.05, 3.63) is 45.2 Å². The number of guanidine groups is 1. The van der Waals surface area contributed by atoms with E-state index in [9.17, 15) is 8.78 Å². The Labute approximate surface area is 163 Å². The summed E-state index contributed by atoms with van der Waals surface area (Å²) in [6.45, 7) is -0.110. The van der Waals surface area contributed by atoms with Gasteiger partial charge >= 0.3 is 0 Å². The lowest BCUT2D eigenvalue weighted by Crippen LogP contribution is -2.24. The lowest BCUT2D eigenvalue weighted by atomic mass is 10.2. The highest BCUT2D eigenvalue weighted by Crippen LogP contribution is 2.34. The Morgan fingerprint density at radius 2 is 1.89 bits per heavy atom. The Morgan fingerprint density at radius 3 is 2.41 bits per heavy atom. The molecule has 0 amide bonds. The van der Waals surface area contributed by atoms with Crippen molar-refractivity contribution in [2.75, 3.05) is 19.5 Å². The first-order valence-corrected chi connectivity index (χ1v) is 7.99. The number of methoxy groups -OCH3 is 2. The van der Waals surface area contributed by atoms with Crippen molar-refractivity contribution in [1.29, 1.82) is 5.26 Å². The average molecular weight is 416 g/mol. The number of benzene rings is 1. The number of nitriles is 1. The van der Waals surface area contributed by atoms with Crippen LogP contribution in [0.4, 0.5) is 14.5 Å². The monoisotopic (exact) mass is 415 g/mol. The van der Waals surface area contributed by atoms with Gasteiger partial charge in [-0.1, -0.05) is 23.2 Å². The van der Waals surface area contributed by atoms with E-state index in [1.54, 1.807) is 0 Å². The van der Waals surface area contributed by atoms with Crippen LogP contribution in [0.25, 0.3) is 0 Å². The van der Waals surface area contributed by atoms with Crippen LogP contribution in [0, 0.1) is 23.0 Å². The zero-order valence-electron chi connectivity index (χ0n) is 14.1. The van der Waals surface area contributed by atoms with Gasteiger partial charge in [0.2, 0.25) is 0 Å². The van der Waals surface area contributed by atoms with Crippen molar-refractivity contribution in [3.8, 4) is 17.6 Å². The number of pyridine rings is 1. The van der Waals surface area contributed by atoms with E-state index in [0.717, 1.165) is 6.07 Å². The number of aromatic nitrogens is 1. The molecular weight excluding hydrogens is 403 g/mol. The van der Waals surface area contributed by atoms with Gasteiger partial charge in [0.25, 0.3) is 0 Å². The zero-order valence-corrected chi connectivity index (χ0v) is 15.6. The SMILES string of the molecule is COc1cc(OC)c(F)c(NC(N)=NCc2cnc(Cl)c(C#N)c2Cl)c1F. The fraction of sp³-hybridized carbons (Fsp3) is 0.188. The molecule has 142 valence electrons. The standard InChI is InChI=1S/C16H13Cl2F2N5O2/c1-26-9-3-10(27-2)13(20)14(12(9)19)25-16(22)24-6-7-5-23-15(18)8(4-21)11(7)17/h3,5H,6H2,1-2H3,(H3,22,24,25). The molecule has 0 aliphatic carbocycles. The molecule has 0 saturated heterocycles. The van der Waals surface area contributed by atoms with Crippen LogP contribution in [0.15, 0.2) is 17.3 Å². The number of aliphatic imine (C=N–C) groups is 1. The molecule has 0 radical (unpaired) electrons. The molecule has 0 spiro atoms. The van der Waals surface area contributed by atoms with Crippen LogP contribution in [0.5, 0.6) is 11.5 Å². The first-order chi connectivity index (χ1) is 12.8. The summed E-state index contributed by atoms with van der Waals surface area (Å²) < 4.78 is 38.3. The molecule has 0 atom stereocenters. The molecule has 1 aromatic heterocycles. The summed E-state index contributed by atoms with van der Waals surface area (Å²) in [4.78, 5) is 7.76. The number of nitrogens with two attached hydrogens (primary N) is 1. The normalized spacial score (nSPS) is 11.1. The molecular formula is C16H13Cl2F2N5O2. The smallest absolute Gasteiger partial charge is 0.193 e. The van der Waals surface area contributed by atoms with Gasteiger partial charge in [0, 0.05) is 17.8 Å². The summed E-state index contributed by atoms with van der Waals surface area (Å²) >= 11 is 11.8. The van der Waals surface area contributed by atoms with Gasteiger partial charge in [-0.05, 0) is 0 Å². The molecule has 0 bridgehead atoms. The summed E-state index contributed by atoms with van der Waals surface area (Å²) in [5.74, 6) is -2.81. The third-order valence-electron chi connectivity index (χ3n) is 3.40. The van der Waals surface area contributed by atoms with Crippen molar-refractivity contribution in [3.63, 3.8) is 0 Å². The molecule has 1 heterocycles. The van der Waals surface area contributed by atoms with Crippen LogP contribution in [-0.4, -0.2) is 25.2 Å². The van der Waals surface area contributed by atoms with Crippen LogP contribution in [0.3, 0.4) is 0 Å². The largest absolute Gasteiger partial charge is 0.493 e. The summed E-state index contributed by atoms with van der Waals surface area (Å²) in [7, 11) is 2.44. The third kappa shape index (κ3) is 4.30. The fourth-order valence-corrected chi connectivity index (χ4v) is 2.52. The highest BCUT2D eigenvalue weighted by atomic mass is 35.5. The van der Waals surface area contributed by atoms with Gasteiger partial charge in [-0.3, -0.25) is 0 Å². The summed E-state index contributed by atoms with van der Waals surface area (Å²) in [6.07, 6.45) is 1.32. The maximum absolute atomic E-state index is 14.3. The zero-order chi connectivity index (χ0) is 20.1. The van der Waals surface area contributed by atoms with Gasteiger partial charge in [-0.25, -0.2) is 18.8 Å². The van der Waals surface area contributed by atoms with E-state index in [2.05, 4.69) is 15.3 Å². The number of halogens is 4. The first kappa shape index (κ1) is 20.5. The summed E-state index contributed by atoms with van der Waals surface area (Å²) in [6, 6.07) is 2.88. The molecule has 2 aromatic rings. The molecule has 3 N–H and O–H groups in total. The van der Waals surface area contributed by atoms with Gasteiger partial charge in [0.1, 0.15) is 22.5 Å². The quantitative estimate of drug-likeness (QED) is 0.439. The molecule has 11 heteroatoms. The Bertz CT molecular complexity index is 919. The van der Waals surface area contributed by atoms with E-state index in [-0.39, 0.29) is 39.7 Å². The Balaban J connectivity index is 2.31. The van der Waals surface area contributed by atoms with Crippen LogP contribution in [0.2, 0.25) is 10.2 Å². The van der Waals surface area contributed by atoms with Crippen molar-refractivity contribution in [2.24, 2.45) is 10.7 Å². The number of anilines is 1. The van der Waals surface area contributed by atoms with Crippen molar-refractivity contribution >= 4 is 34.8 Å². The number of hydrogen-bond donors (Lipinski definition) is 2. The fourth-order valence-electron chi connectivity index (χ4n) is 2.05. The van der Waals surface area contributed by atoms with E-state index in [4.69, 9.17) is 43.7 Å². The Hall–Kier alpha value is -2.83. The number of hydrogen-bond acceptors (Lipinski definition) is 5. The minimum atomic E-state index is -1.01. The summed E-state index contributed by atoms with van der Waals surface area (Å²) in [5, 5.41) is 11.4. The predicted molar refractivity (Wildman–Crippen MR) is 97.4 cm³/mol. The molecule has 27 heavy (non-hydrogen) atoms. The van der Waals surface area contributed by atoms with Crippen molar-refractivity contribution in [2.45, 2.75) is 6.54 Å². The minimum absolute atomic E-state index is 0.00724. The van der Waals surface area contributed by atoms with Crippen LogP contribution >= 0.6 is 23.2 Å². The molecule has 0 saturated carbocycles. The highest BCUT2D eigenvalue weighted by molar-refractivity contribution is 6.36. The highest BCUT2D eigenvalue weighted by Gasteiger charge is 2.20. The van der Waals surface area contributed by atoms with E-state index < -0.39 is 17.3 Å². The molecule has 0 aliphatic rings. The molecule has 1 aromatic carbocycles. The molecule has 0 unspecified atom stereocenters. The first-order valence-electron chi connectivity index (χ1n) is 7.23. The second-order valence-corrected chi connectivity index (χ2v) is 5.72. The molecule has 7 nitrogen and oxygen atoms in total. The number of nitrogens with one attached hydrogen (secondary N) is 1. The van der Waals surface area contributed by atoms with Crippen LogP contribution in [0.1, 0.15) is 11.1 Å². The van der Waals surface area contributed by atoms with Gasteiger partial charge < -0.3 is 20.5 Å². The van der Waals surface area contributed by atoms with Crippen LogP contribution in [-0.2, 0) is 6.54 Å². The second kappa shape index (κ2) is 8.70. The van der Waals surface area contributed by atoms with Gasteiger partial charge in [0.15, 0.2) is 29.1 Å². The Kier molecular flexibility index (Phi) is 6.60.